The Kier molecular flexibility index (Phi) is 7.26. The van der Waals surface area contributed by atoms with E-state index < -0.39 is 8.80 Å². The quantitative estimate of drug-likeness (QED) is 0.651. The van der Waals surface area contributed by atoms with Crippen LogP contribution in [0.2, 0.25) is 0 Å². The van der Waals surface area contributed by atoms with Crippen LogP contribution < -0.4 is 5.19 Å². The van der Waals surface area contributed by atoms with Gasteiger partial charge in [-0.3, -0.25) is 0 Å². The molecule has 0 radical (unpaired) electrons. The fraction of sp³-hybridized carbons (Fsp3) is 0.571. The molecule has 0 saturated carbocycles. The molecule has 1 aromatic carbocycles. The maximum Gasteiger partial charge on any atom is 0.537 e. The first-order chi connectivity index (χ1) is 9.22. The van der Waals surface area contributed by atoms with Gasteiger partial charge in [-0.15, -0.1) is 0 Å². The highest BCUT2D eigenvalue weighted by atomic mass is 28.4. The van der Waals surface area contributed by atoms with E-state index in [4.69, 9.17) is 18.0 Å². The molecular weight excluding hydrogens is 260 g/mol. The van der Waals surface area contributed by atoms with Crippen LogP contribution in [-0.4, -0.2) is 35.7 Å². The average molecular weight is 284 g/mol. The largest absolute Gasteiger partial charge is 0.537 e. The van der Waals surface area contributed by atoms with Crippen molar-refractivity contribution in [1.82, 2.24) is 0 Å². The zero-order chi connectivity index (χ0) is 14.1. The van der Waals surface area contributed by atoms with Crippen molar-refractivity contribution in [2.45, 2.75) is 27.4 Å². The van der Waals surface area contributed by atoms with Crippen LogP contribution in [0.1, 0.15) is 26.3 Å². The van der Waals surface area contributed by atoms with E-state index in [1.54, 1.807) is 7.11 Å². The average Bonchev–Trinajstić information content (AvgIpc) is 2.41. The second-order valence-electron chi connectivity index (χ2n) is 3.99. The lowest BCUT2D eigenvalue weighted by atomic mass is 10.2. The Bertz CT molecular complexity index is 336. The first-order valence-corrected chi connectivity index (χ1v) is 8.45. The molecule has 0 aliphatic rings. The standard InChI is InChI=1S/C14H24O4Si/c1-5-16-19(17-6-2,18-7-3)14-10-8-13(9-11-14)12-15-4/h8-11H,5-7,12H2,1-4H3. The Morgan fingerprint density at radius 1 is 0.842 bits per heavy atom. The molecule has 0 fully saturated rings. The first-order valence-electron chi connectivity index (χ1n) is 6.72. The predicted octanol–water partition coefficient (Wildman–Crippen LogP) is 2.09. The molecule has 0 N–H and O–H groups in total. The monoisotopic (exact) mass is 284 g/mol. The maximum atomic E-state index is 5.86. The zero-order valence-electron chi connectivity index (χ0n) is 12.3. The molecule has 5 heteroatoms. The number of rotatable bonds is 9. The van der Waals surface area contributed by atoms with E-state index in [1.165, 1.54) is 0 Å². The summed E-state index contributed by atoms with van der Waals surface area (Å²) in [6, 6.07) is 8.08. The van der Waals surface area contributed by atoms with Crippen LogP contribution in [0.25, 0.3) is 0 Å². The fourth-order valence-corrected chi connectivity index (χ4v) is 4.38. The molecule has 0 atom stereocenters. The van der Waals surface area contributed by atoms with Crippen molar-refractivity contribution in [2.75, 3.05) is 26.9 Å². The molecule has 0 heterocycles. The van der Waals surface area contributed by atoms with Crippen molar-refractivity contribution in [3.63, 3.8) is 0 Å². The molecule has 0 bridgehead atoms. The van der Waals surface area contributed by atoms with Gasteiger partial charge in [0.05, 0.1) is 6.61 Å². The van der Waals surface area contributed by atoms with E-state index in [0.717, 1.165) is 10.8 Å². The summed E-state index contributed by atoms with van der Waals surface area (Å²) in [5.41, 5.74) is 1.12. The third kappa shape index (κ3) is 4.40. The van der Waals surface area contributed by atoms with Crippen molar-refractivity contribution in [3.8, 4) is 0 Å². The van der Waals surface area contributed by atoms with Crippen LogP contribution in [0.15, 0.2) is 24.3 Å². The van der Waals surface area contributed by atoms with E-state index in [9.17, 15) is 0 Å². The summed E-state index contributed by atoms with van der Waals surface area (Å²) in [6.45, 7) is 8.20. The smallest absolute Gasteiger partial charge is 0.380 e. The SMILES string of the molecule is CCO[Si](OCC)(OCC)c1ccc(COC)cc1. The van der Waals surface area contributed by atoms with Gasteiger partial charge in [-0.1, -0.05) is 24.3 Å². The molecule has 1 rings (SSSR count). The van der Waals surface area contributed by atoms with Crippen molar-refractivity contribution in [1.29, 1.82) is 0 Å². The molecule has 0 aromatic heterocycles. The fourth-order valence-electron chi connectivity index (χ4n) is 1.92. The Morgan fingerprint density at radius 2 is 1.32 bits per heavy atom. The molecule has 0 saturated heterocycles. The van der Waals surface area contributed by atoms with Crippen LogP contribution in [0, 0.1) is 0 Å². The summed E-state index contributed by atoms with van der Waals surface area (Å²) in [5.74, 6) is 0. The van der Waals surface area contributed by atoms with Crippen LogP contribution in [0.4, 0.5) is 0 Å². The van der Waals surface area contributed by atoms with Gasteiger partial charge in [-0.25, -0.2) is 0 Å². The Morgan fingerprint density at radius 3 is 1.68 bits per heavy atom. The zero-order valence-corrected chi connectivity index (χ0v) is 13.3. The van der Waals surface area contributed by atoms with E-state index in [1.807, 2.05) is 45.0 Å². The van der Waals surface area contributed by atoms with Gasteiger partial charge in [0.1, 0.15) is 0 Å². The second-order valence-corrected chi connectivity index (χ2v) is 6.54. The summed E-state index contributed by atoms with van der Waals surface area (Å²) >= 11 is 0. The van der Waals surface area contributed by atoms with Crippen molar-refractivity contribution < 1.29 is 18.0 Å². The van der Waals surface area contributed by atoms with Gasteiger partial charge in [0.25, 0.3) is 0 Å². The summed E-state index contributed by atoms with van der Waals surface area (Å²) in [6.07, 6.45) is 0. The van der Waals surface area contributed by atoms with E-state index in [-0.39, 0.29) is 0 Å². The van der Waals surface area contributed by atoms with Gasteiger partial charge in [0.15, 0.2) is 0 Å². The minimum absolute atomic E-state index is 0.575. The number of hydrogen-bond acceptors (Lipinski definition) is 4. The molecule has 0 spiro atoms. The van der Waals surface area contributed by atoms with Crippen molar-refractivity contribution in [2.24, 2.45) is 0 Å². The highest BCUT2D eigenvalue weighted by Gasteiger charge is 2.43. The van der Waals surface area contributed by atoms with Crippen LogP contribution in [0.3, 0.4) is 0 Å². The van der Waals surface area contributed by atoms with E-state index in [2.05, 4.69) is 0 Å². The molecule has 0 amide bonds. The van der Waals surface area contributed by atoms with Gasteiger partial charge < -0.3 is 18.0 Å². The van der Waals surface area contributed by atoms with Gasteiger partial charge in [-0.2, -0.15) is 0 Å². The lowest BCUT2D eigenvalue weighted by Gasteiger charge is -2.28. The summed E-state index contributed by atoms with van der Waals surface area (Å²) < 4.78 is 22.7. The Balaban J connectivity index is 3.00. The Hall–Kier alpha value is -0.723. The third-order valence-corrected chi connectivity index (χ3v) is 5.67. The van der Waals surface area contributed by atoms with Crippen LogP contribution in [-0.2, 0) is 24.6 Å². The Labute approximate surface area is 117 Å². The van der Waals surface area contributed by atoms with E-state index >= 15 is 0 Å². The van der Waals surface area contributed by atoms with Crippen LogP contribution in [0.5, 0.6) is 0 Å². The molecule has 0 aliphatic heterocycles. The van der Waals surface area contributed by atoms with Gasteiger partial charge in [0.2, 0.25) is 0 Å². The summed E-state index contributed by atoms with van der Waals surface area (Å²) in [7, 11) is -1.07. The van der Waals surface area contributed by atoms with Gasteiger partial charge >= 0.3 is 8.80 Å². The highest BCUT2D eigenvalue weighted by Crippen LogP contribution is 2.12. The third-order valence-electron chi connectivity index (χ3n) is 2.62. The molecular formula is C14H24O4Si. The topological polar surface area (TPSA) is 36.9 Å². The summed E-state index contributed by atoms with van der Waals surface area (Å²) in [5, 5.41) is 0.998. The molecule has 0 aliphatic carbocycles. The molecule has 1 aromatic rings. The van der Waals surface area contributed by atoms with Gasteiger partial charge in [-0.05, 0) is 26.3 Å². The lowest BCUT2D eigenvalue weighted by molar-refractivity contribution is 0.0859. The molecule has 0 unspecified atom stereocenters. The molecule has 108 valence electrons. The lowest BCUT2D eigenvalue weighted by Crippen LogP contribution is -2.56. The maximum absolute atomic E-state index is 5.86. The van der Waals surface area contributed by atoms with Gasteiger partial charge in [0, 0.05) is 32.1 Å². The molecule has 19 heavy (non-hydrogen) atoms. The number of methoxy groups -OCH3 is 1. The predicted molar refractivity (Wildman–Crippen MR) is 77.4 cm³/mol. The van der Waals surface area contributed by atoms with Crippen molar-refractivity contribution in [3.05, 3.63) is 29.8 Å². The minimum Gasteiger partial charge on any atom is -0.380 e. The second kappa shape index (κ2) is 8.45. The molecule has 4 nitrogen and oxygen atoms in total. The number of ether oxygens (including phenoxy) is 1. The number of benzene rings is 1. The van der Waals surface area contributed by atoms with Crippen LogP contribution >= 0.6 is 0 Å². The summed E-state index contributed by atoms with van der Waals surface area (Å²) in [4.78, 5) is 0. The van der Waals surface area contributed by atoms with Crippen molar-refractivity contribution >= 4 is 14.0 Å². The number of hydrogen-bond donors (Lipinski definition) is 0. The normalized spacial score (nSPS) is 11.8. The van der Waals surface area contributed by atoms with E-state index in [0.29, 0.717) is 26.4 Å². The highest BCUT2D eigenvalue weighted by molar-refractivity contribution is 6.75. The first kappa shape index (κ1) is 16.3. The minimum atomic E-state index is -2.76.